The van der Waals surface area contributed by atoms with Crippen LogP contribution in [0.15, 0.2) is 54.7 Å². The maximum absolute atomic E-state index is 12.3. The lowest BCUT2D eigenvalue weighted by Crippen LogP contribution is -2.44. The van der Waals surface area contributed by atoms with Crippen molar-refractivity contribution in [3.63, 3.8) is 0 Å². The zero-order chi connectivity index (χ0) is 21.8. The number of amides is 1. The molecule has 0 spiro atoms. The molecule has 1 unspecified atom stereocenters. The van der Waals surface area contributed by atoms with Gasteiger partial charge in [-0.3, -0.25) is 4.79 Å². The third kappa shape index (κ3) is 4.69. The van der Waals surface area contributed by atoms with Crippen molar-refractivity contribution in [2.45, 2.75) is 12.5 Å². The monoisotopic (exact) mass is 420 g/mol. The molecule has 0 radical (unpaired) electrons. The number of carbonyl (C=O) groups is 2. The van der Waals surface area contributed by atoms with Gasteiger partial charge in [0, 0.05) is 29.1 Å². The molecule has 1 atom stereocenters. The highest BCUT2D eigenvalue weighted by Crippen LogP contribution is 2.20. The number of fused-ring (bicyclic) bond motifs is 1. The second kappa shape index (κ2) is 8.66. The van der Waals surface area contributed by atoms with E-state index >= 15 is 0 Å². The quantitative estimate of drug-likeness (QED) is 0.393. The van der Waals surface area contributed by atoms with Gasteiger partial charge in [-0.1, -0.05) is 18.2 Å². The Morgan fingerprint density at radius 3 is 2.68 bits per heavy atom. The third-order valence-electron chi connectivity index (χ3n) is 4.72. The minimum Gasteiger partial charge on any atom is -0.484 e. The summed E-state index contributed by atoms with van der Waals surface area (Å²) in [7, 11) is 1.68. The average molecular weight is 420 g/mol. The Labute approximate surface area is 176 Å². The van der Waals surface area contributed by atoms with Crippen LogP contribution in [-0.4, -0.2) is 54.8 Å². The lowest BCUT2D eigenvalue weighted by atomic mass is 10.1. The van der Waals surface area contributed by atoms with Crippen LogP contribution >= 0.6 is 0 Å². The number of carbonyl (C=O) groups excluding carboxylic acids is 1. The standard InChI is InChI=1S/C21H20N6O4/c1-27-25-20(24-26-27)13-6-8-15(9-7-13)31-12-19(28)23-18(21(29)30)10-14-11-22-17-5-3-2-4-16(14)17/h2-9,11,18,22H,10,12H2,1H3,(H,23,28)(H,29,30). The van der Waals surface area contributed by atoms with E-state index in [1.807, 2.05) is 24.3 Å². The number of aliphatic carboxylic acids is 1. The Bertz CT molecular complexity index is 1210. The van der Waals surface area contributed by atoms with Crippen LogP contribution in [0.1, 0.15) is 5.56 Å². The fraction of sp³-hybridized carbons (Fsp3) is 0.190. The molecular weight excluding hydrogens is 400 g/mol. The van der Waals surface area contributed by atoms with Gasteiger partial charge in [-0.15, -0.1) is 10.2 Å². The van der Waals surface area contributed by atoms with Gasteiger partial charge in [0.15, 0.2) is 6.61 Å². The summed E-state index contributed by atoms with van der Waals surface area (Å²) in [6.07, 6.45) is 1.92. The second-order valence-corrected chi connectivity index (χ2v) is 6.94. The summed E-state index contributed by atoms with van der Waals surface area (Å²) in [5.41, 5.74) is 2.49. The molecule has 10 nitrogen and oxygen atoms in total. The zero-order valence-corrected chi connectivity index (χ0v) is 16.6. The number of para-hydroxylation sites is 1. The van der Waals surface area contributed by atoms with Gasteiger partial charge in [0.05, 0.1) is 7.05 Å². The van der Waals surface area contributed by atoms with E-state index in [9.17, 15) is 14.7 Å². The van der Waals surface area contributed by atoms with E-state index < -0.39 is 17.9 Å². The van der Waals surface area contributed by atoms with Gasteiger partial charge < -0.3 is 20.1 Å². The van der Waals surface area contributed by atoms with Crippen molar-refractivity contribution in [1.29, 1.82) is 0 Å². The minimum atomic E-state index is -1.11. The number of tetrazole rings is 1. The first kappa shape index (κ1) is 20.1. The molecule has 0 aliphatic rings. The number of benzene rings is 2. The summed E-state index contributed by atoms with van der Waals surface area (Å²) in [6.45, 7) is -0.305. The molecule has 0 saturated heterocycles. The lowest BCUT2D eigenvalue weighted by Gasteiger charge is -2.14. The summed E-state index contributed by atoms with van der Waals surface area (Å²) in [4.78, 5) is 28.4. The van der Waals surface area contributed by atoms with Crippen molar-refractivity contribution in [2.24, 2.45) is 7.05 Å². The molecule has 4 rings (SSSR count). The van der Waals surface area contributed by atoms with Gasteiger partial charge in [-0.2, -0.15) is 4.80 Å². The molecule has 31 heavy (non-hydrogen) atoms. The number of hydrogen-bond acceptors (Lipinski definition) is 6. The molecule has 2 heterocycles. The van der Waals surface area contributed by atoms with E-state index in [2.05, 4.69) is 25.7 Å². The number of hydrogen-bond donors (Lipinski definition) is 3. The van der Waals surface area contributed by atoms with Crippen molar-refractivity contribution >= 4 is 22.8 Å². The number of nitrogens with one attached hydrogen (secondary N) is 2. The van der Waals surface area contributed by atoms with Gasteiger partial charge in [-0.05, 0) is 41.1 Å². The number of aromatic amines is 1. The van der Waals surface area contributed by atoms with Crippen molar-refractivity contribution in [3.05, 3.63) is 60.3 Å². The van der Waals surface area contributed by atoms with E-state index in [4.69, 9.17) is 4.74 Å². The number of carboxylic acid groups (broad SMARTS) is 1. The van der Waals surface area contributed by atoms with Crippen molar-refractivity contribution in [3.8, 4) is 17.1 Å². The van der Waals surface area contributed by atoms with Crippen molar-refractivity contribution in [2.75, 3.05) is 6.61 Å². The van der Waals surface area contributed by atoms with Crippen LogP contribution in [0, 0.1) is 0 Å². The van der Waals surface area contributed by atoms with Crippen molar-refractivity contribution < 1.29 is 19.4 Å². The topological polar surface area (TPSA) is 135 Å². The largest absolute Gasteiger partial charge is 0.484 e. The highest BCUT2D eigenvalue weighted by Gasteiger charge is 2.22. The van der Waals surface area contributed by atoms with E-state index in [0.717, 1.165) is 22.0 Å². The van der Waals surface area contributed by atoms with Crippen LogP contribution in [0.25, 0.3) is 22.3 Å². The molecule has 0 aliphatic carbocycles. The highest BCUT2D eigenvalue weighted by atomic mass is 16.5. The molecule has 10 heteroatoms. The number of carboxylic acids is 1. The number of H-pyrrole nitrogens is 1. The molecule has 158 valence electrons. The molecule has 2 aromatic heterocycles. The first-order chi connectivity index (χ1) is 15.0. The molecule has 0 aliphatic heterocycles. The summed E-state index contributed by atoms with van der Waals surface area (Å²) in [5.74, 6) is -0.689. The van der Waals surface area contributed by atoms with Crippen LogP contribution in [0.4, 0.5) is 0 Å². The number of rotatable bonds is 8. The summed E-state index contributed by atoms with van der Waals surface area (Å²) < 4.78 is 5.48. The van der Waals surface area contributed by atoms with Crippen LogP contribution in [-0.2, 0) is 23.1 Å². The Balaban J connectivity index is 1.34. The molecular formula is C21H20N6O4. The van der Waals surface area contributed by atoms with Gasteiger partial charge in [0.1, 0.15) is 11.8 Å². The van der Waals surface area contributed by atoms with E-state index in [-0.39, 0.29) is 13.0 Å². The molecule has 0 fully saturated rings. The molecule has 0 bridgehead atoms. The van der Waals surface area contributed by atoms with Crippen LogP contribution < -0.4 is 10.1 Å². The Morgan fingerprint density at radius 2 is 1.97 bits per heavy atom. The Morgan fingerprint density at radius 1 is 1.19 bits per heavy atom. The maximum Gasteiger partial charge on any atom is 0.326 e. The normalized spacial score (nSPS) is 11.9. The second-order valence-electron chi connectivity index (χ2n) is 6.94. The third-order valence-corrected chi connectivity index (χ3v) is 4.72. The summed E-state index contributed by atoms with van der Waals surface area (Å²) in [5, 5.41) is 24.8. The smallest absolute Gasteiger partial charge is 0.326 e. The molecule has 3 N–H and O–H groups in total. The van der Waals surface area contributed by atoms with E-state index in [1.165, 1.54) is 4.80 Å². The maximum atomic E-state index is 12.3. The number of ether oxygens (including phenoxy) is 1. The lowest BCUT2D eigenvalue weighted by molar-refractivity contribution is -0.142. The Kier molecular flexibility index (Phi) is 5.61. The van der Waals surface area contributed by atoms with Gasteiger partial charge in [-0.25, -0.2) is 4.79 Å². The predicted octanol–water partition coefficient (Wildman–Crippen LogP) is 1.55. The van der Waals surface area contributed by atoms with Gasteiger partial charge >= 0.3 is 5.97 Å². The fourth-order valence-corrected chi connectivity index (χ4v) is 3.21. The molecule has 2 aromatic carbocycles. The summed E-state index contributed by atoms with van der Waals surface area (Å²) >= 11 is 0. The van der Waals surface area contributed by atoms with Crippen LogP contribution in [0.5, 0.6) is 5.75 Å². The van der Waals surface area contributed by atoms with E-state index in [0.29, 0.717) is 11.6 Å². The van der Waals surface area contributed by atoms with E-state index in [1.54, 1.807) is 37.5 Å². The molecule has 4 aromatic rings. The van der Waals surface area contributed by atoms with Gasteiger partial charge in [0.25, 0.3) is 5.91 Å². The highest BCUT2D eigenvalue weighted by molar-refractivity contribution is 5.87. The minimum absolute atomic E-state index is 0.158. The fourth-order valence-electron chi connectivity index (χ4n) is 3.21. The number of aryl methyl sites for hydroxylation is 1. The van der Waals surface area contributed by atoms with Crippen molar-refractivity contribution in [1.82, 2.24) is 30.5 Å². The first-order valence-corrected chi connectivity index (χ1v) is 9.54. The van der Waals surface area contributed by atoms with Crippen LogP contribution in [0.2, 0.25) is 0 Å². The average Bonchev–Trinajstić information content (AvgIpc) is 3.38. The Hall–Kier alpha value is -4.21. The molecule has 0 saturated carbocycles. The number of aromatic nitrogens is 5. The first-order valence-electron chi connectivity index (χ1n) is 9.54. The summed E-state index contributed by atoms with van der Waals surface area (Å²) in [6, 6.07) is 13.4. The van der Waals surface area contributed by atoms with Crippen LogP contribution in [0.3, 0.4) is 0 Å². The number of nitrogens with zero attached hydrogens (tertiary/aromatic N) is 4. The molecule has 1 amide bonds. The zero-order valence-electron chi connectivity index (χ0n) is 16.6. The van der Waals surface area contributed by atoms with Gasteiger partial charge in [0.2, 0.25) is 5.82 Å². The predicted molar refractivity (Wildman–Crippen MR) is 111 cm³/mol. The SMILES string of the molecule is Cn1nnc(-c2ccc(OCC(=O)NC(Cc3c[nH]c4ccccc34)C(=O)O)cc2)n1.